The molecule has 2 aromatic rings. The number of nitrogens with zero attached hydrogens (tertiary/aromatic N) is 3. The third-order valence-corrected chi connectivity index (χ3v) is 4.35. The summed E-state index contributed by atoms with van der Waals surface area (Å²) >= 11 is 0. The van der Waals surface area contributed by atoms with Gasteiger partial charge in [0.05, 0.1) is 0 Å². The van der Waals surface area contributed by atoms with Crippen LogP contribution >= 0.6 is 0 Å². The van der Waals surface area contributed by atoms with Gasteiger partial charge in [-0.3, -0.25) is 4.98 Å². The Morgan fingerprint density at radius 1 is 1.19 bits per heavy atom. The Morgan fingerprint density at radius 3 is 2.62 bits per heavy atom. The van der Waals surface area contributed by atoms with Crippen molar-refractivity contribution in [1.29, 1.82) is 0 Å². The lowest BCUT2D eigenvalue weighted by Crippen LogP contribution is -2.29. The topological polar surface area (TPSA) is 63.8 Å². The molecule has 0 unspecified atom stereocenters. The number of nitrogens with one attached hydrogen (secondary N) is 1. The summed E-state index contributed by atoms with van der Waals surface area (Å²) in [5.74, 6) is 1.76. The zero-order chi connectivity index (χ0) is 14.8. The fraction of sp³-hybridized carbons (Fsp3) is 0.562. The van der Waals surface area contributed by atoms with Crippen LogP contribution in [0.2, 0.25) is 0 Å². The number of aromatic nitrogens is 3. The molecule has 0 radical (unpaired) electrons. The summed E-state index contributed by atoms with van der Waals surface area (Å²) in [4.78, 5) is 9.02. The molecule has 0 saturated heterocycles. The molecule has 0 bridgehead atoms. The molecule has 2 aromatic heterocycles. The van der Waals surface area contributed by atoms with Crippen LogP contribution in [0.1, 0.15) is 48.6 Å². The van der Waals surface area contributed by atoms with Gasteiger partial charge in [-0.15, -0.1) is 0 Å². The number of rotatable bonds is 3. The van der Waals surface area contributed by atoms with Crippen LogP contribution in [0.15, 0.2) is 16.8 Å². The van der Waals surface area contributed by atoms with E-state index in [1.807, 2.05) is 27.1 Å². The van der Waals surface area contributed by atoms with Gasteiger partial charge in [-0.1, -0.05) is 11.2 Å². The summed E-state index contributed by atoms with van der Waals surface area (Å²) < 4.78 is 5.49. The molecule has 1 saturated carbocycles. The maximum absolute atomic E-state index is 5.49. The summed E-state index contributed by atoms with van der Waals surface area (Å²) in [5.41, 5.74) is 3.05. The van der Waals surface area contributed by atoms with Crippen molar-refractivity contribution in [1.82, 2.24) is 20.4 Å². The number of hydrogen-bond donors (Lipinski definition) is 1. The predicted octanol–water partition coefficient (Wildman–Crippen LogP) is 2.99. The van der Waals surface area contributed by atoms with Gasteiger partial charge < -0.3 is 9.84 Å². The second kappa shape index (κ2) is 5.93. The average Bonchev–Trinajstić information content (AvgIpc) is 2.97. The highest BCUT2D eigenvalue weighted by molar-refractivity contribution is 5.54. The molecule has 1 aliphatic carbocycles. The monoisotopic (exact) mass is 286 g/mol. The van der Waals surface area contributed by atoms with E-state index in [1.54, 1.807) is 0 Å². The van der Waals surface area contributed by atoms with Crippen molar-refractivity contribution in [3.63, 3.8) is 0 Å². The molecule has 0 spiro atoms. The van der Waals surface area contributed by atoms with E-state index in [9.17, 15) is 0 Å². The first-order chi connectivity index (χ1) is 10.2. The van der Waals surface area contributed by atoms with E-state index in [0.29, 0.717) is 17.8 Å². The number of aryl methyl sites for hydroxylation is 2. The number of hydrogen-bond acceptors (Lipinski definition) is 5. The van der Waals surface area contributed by atoms with Crippen molar-refractivity contribution in [2.75, 3.05) is 7.05 Å². The first kappa shape index (κ1) is 14.2. The Labute approximate surface area is 125 Å². The highest BCUT2D eigenvalue weighted by Crippen LogP contribution is 2.32. The lowest BCUT2D eigenvalue weighted by atomic mass is 9.86. The van der Waals surface area contributed by atoms with E-state index < -0.39 is 0 Å². The van der Waals surface area contributed by atoms with E-state index in [0.717, 1.165) is 35.6 Å². The fourth-order valence-electron chi connectivity index (χ4n) is 3.08. The van der Waals surface area contributed by atoms with Crippen LogP contribution in [0.5, 0.6) is 0 Å². The minimum atomic E-state index is 0.390. The third kappa shape index (κ3) is 2.97. The molecule has 1 N–H and O–H groups in total. The van der Waals surface area contributed by atoms with E-state index in [4.69, 9.17) is 4.52 Å². The van der Waals surface area contributed by atoms with Crippen LogP contribution in [0, 0.1) is 13.8 Å². The van der Waals surface area contributed by atoms with Crippen LogP contribution in [-0.4, -0.2) is 28.2 Å². The van der Waals surface area contributed by atoms with Gasteiger partial charge in [0, 0.05) is 18.2 Å². The predicted molar refractivity (Wildman–Crippen MR) is 81.1 cm³/mol. The van der Waals surface area contributed by atoms with Gasteiger partial charge >= 0.3 is 0 Å². The normalized spacial score (nSPS) is 22.4. The highest BCUT2D eigenvalue weighted by Gasteiger charge is 2.26. The third-order valence-electron chi connectivity index (χ3n) is 4.35. The molecular formula is C16H22N4O. The Balaban J connectivity index is 1.77. The van der Waals surface area contributed by atoms with Gasteiger partial charge in [0.1, 0.15) is 5.69 Å². The Hall–Kier alpha value is -1.75. The van der Waals surface area contributed by atoms with Crippen LogP contribution in [0.3, 0.4) is 0 Å². The molecule has 0 aromatic carbocycles. The van der Waals surface area contributed by atoms with Gasteiger partial charge in [-0.05, 0) is 57.7 Å². The maximum Gasteiger partial charge on any atom is 0.230 e. The standard InChI is InChI=1S/C16H22N4O/c1-10-8-11(2)14(18-9-10)15-19-16(21-20-15)12-4-6-13(17-3)7-5-12/h8-9,12-13,17H,4-7H2,1-3H3. The van der Waals surface area contributed by atoms with E-state index in [-0.39, 0.29) is 0 Å². The van der Waals surface area contributed by atoms with Gasteiger partial charge in [-0.2, -0.15) is 4.98 Å². The molecule has 0 atom stereocenters. The lowest BCUT2D eigenvalue weighted by molar-refractivity contribution is 0.288. The second-order valence-corrected chi connectivity index (χ2v) is 5.97. The Bertz CT molecular complexity index is 614. The molecule has 1 fully saturated rings. The minimum Gasteiger partial charge on any atom is -0.339 e. The largest absolute Gasteiger partial charge is 0.339 e. The summed E-state index contributed by atoms with van der Waals surface area (Å²) in [5, 5.41) is 7.47. The second-order valence-electron chi connectivity index (χ2n) is 5.97. The average molecular weight is 286 g/mol. The molecule has 1 aliphatic rings. The van der Waals surface area contributed by atoms with E-state index in [2.05, 4.69) is 26.5 Å². The van der Waals surface area contributed by atoms with Crippen molar-refractivity contribution in [3.8, 4) is 11.5 Å². The van der Waals surface area contributed by atoms with Gasteiger partial charge in [0.2, 0.25) is 11.7 Å². The van der Waals surface area contributed by atoms with E-state index >= 15 is 0 Å². The molecule has 0 amide bonds. The van der Waals surface area contributed by atoms with Crippen LogP contribution in [-0.2, 0) is 0 Å². The smallest absolute Gasteiger partial charge is 0.230 e. The minimum absolute atomic E-state index is 0.390. The first-order valence-corrected chi connectivity index (χ1v) is 7.62. The Kier molecular flexibility index (Phi) is 4.01. The highest BCUT2D eigenvalue weighted by atomic mass is 16.5. The van der Waals surface area contributed by atoms with Gasteiger partial charge in [0.25, 0.3) is 0 Å². The molecule has 0 aliphatic heterocycles. The molecule has 5 heteroatoms. The molecule has 5 nitrogen and oxygen atoms in total. The Morgan fingerprint density at radius 2 is 1.95 bits per heavy atom. The molecular weight excluding hydrogens is 264 g/mol. The van der Waals surface area contributed by atoms with Gasteiger partial charge in [0.15, 0.2) is 0 Å². The van der Waals surface area contributed by atoms with E-state index in [1.165, 1.54) is 12.8 Å². The molecule has 3 rings (SSSR count). The lowest BCUT2D eigenvalue weighted by Gasteiger charge is -2.25. The van der Waals surface area contributed by atoms with Crippen molar-refractivity contribution >= 4 is 0 Å². The van der Waals surface area contributed by atoms with Crippen molar-refractivity contribution in [2.45, 2.75) is 51.5 Å². The molecule has 21 heavy (non-hydrogen) atoms. The quantitative estimate of drug-likeness (QED) is 0.939. The zero-order valence-electron chi connectivity index (χ0n) is 12.9. The van der Waals surface area contributed by atoms with Crippen molar-refractivity contribution in [2.24, 2.45) is 0 Å². The SMILES string of the molecule is CNC1CCC(c2nc(-c3ncc(C)cc3C)no2)CC1. The summed E-state index contributed by atoms with van der Waals surface area (Å²) in [6.07, 6.45) is 6.39. The van der Waals surface area contributed by atoms with Gasteiger partial charge in [-0.25, -0.2) is 0 Å². The molecule has 2 heterocycles. The summed E-state index contributed by atoms with van der Waals surface area (Å²) in [6, 6.07) is 2.72. The van der Waals surface area contributed by atoms with Crippen LogP contribution < -0.4 is 5.32 Å². The van der Waals surface area contributed by atoms with Crippen molar-refractivity contribution < 1.29 is 4.52 Å². The first-order valence-electron chi connectivity index (χ1n) is 7.62. The summed E-state index contributed by atoms with van der Waals surface area (Å²) in [7, 11) is 2.03. The fourth-order valence-corrected chi connectivity index (χ4v) is 3.08. The summed E-state index contributed by atoms with van der Waals surface area (Å²) in [6.45, 7) is 4.06. The molecule has 112 valence electrons. The number of pyridine rings is 1. The maximum atomic E-state index is 5.49. The van der Waals surface area contributed by atoms with Crippen molar-refractivity contribution in [3.05, 3.63) is 29.3 Å². The van der Waals surface area contributed by atoms with Crippen LogP contribution in [0.4, 0.5) is 0 Å². The zero-order valence-corrected chi connectivity index (χ0v) is 12.9. The van der Waals surface area contributed by atoms with Crippen LogP contribution in [0.25, 0.3) is 11.5 Å².